The Morgan fingerprint density at radius 1 is 1.29 bits per heavy atom. The minimum Gasteiger partial charge on any atom is -0.405 e. The molecule has 0 aromatic heterocycles. The van der Waals surface area contributed by atoms with Crippen molar-refractivity contribution in [3.8, 4) is 0 Å². The van der Waals surface area contributed by atoms with Crippen LogP contribution in [0.5, 0.6) is 0 Å². The first kappa shape index (κ1) is 16.0. The van der Waals surface area contributed by atoms with E-state index in [2.05, 4.69) is 32.3 Å². The van der Waals surface area contributed by atoms with Crippen LogP contribution in [-0.2, 0) is 0 Å². The first-order valence-electron chi connectivity index (χ1n) is 6.39. The zero-order valence-electron chi connectivity index (χ0n) is 11.7. The Hall–Kier alpha value is -0.960. The maximum absolute atomic E-state index is 4.97. The van der Waals surface area contributed by atoms with Crippen LogP contribution in [0, 0.1) is 11.3 Å². The van der Waals surface area contributed by atoms with Crippen molar-refractivity contribution >= 4 is 0 Å². The molecule has 17 heavy (non-hydrogen) atoms. The van der Waals surface area contributed by atoms with Crippen molar-refractivity contribution in [1.29, 1.82) is 0 Å². The lowest BCUT2D eigenvalue weighted by atomic mass is 9.75. The minimum absolute atomic E-state index is 0.493. The molecule has 0 amide bonds. The summed E-state index contributed by atoms with van der Waals surface area (Å²) in [6, 6.07) is 0. The molecule has 1 aliphatic heterocycles. The van der Waals surface area contributed by atoms with Gasteiger partial charge in [0, 0.05) is 19.6 Å². The van der Waals surface area contributed by atoms with Crippen LogP contribution in [-0.4, -0.2) is 24.5 Å². The Labute approximate surface area is 107 Å². The van der Waals surface area contributed by atoms with E-state index in [-0.39, 0.29) is 0 Å². The quantitative estimate of drug-likeness (QED) is 0.777. The molecule has 3 nitrogen and oxygen atoms in total. The maximum Gasteiger partial charge on any atom is 0.0175 e. The van der Waals surface area contributed by atoms with Crippen LogP contribution in [0.2, 0.25) is 0 Å². The topological polar surface area (TPSA) is 55.3 Å². The summed E-state index contributed by atoms with van der Waals surface area (Å²) in [6.45, 7) is 13.8. The molecule has 1 fully saturated rings. The zero-order valence-corrected chi connectivity index (χ0v) is 11.7. The maximum atomic E-state index is 4.97. The van der Waals surface area contributed by atoms with Gasteiger partial charge >= 0.3 is 0 Å². The van der Waals surface area contributed by atoms with Crippen molar-refractivity contribution in [2.24, 2.45) is 22.8 Å². The van der Waals surface area contributed by atoms with Crippen LogP contribution in [0.1, 0.15) is 33.6 Å². The molecule has 0 atom stereocenters. The highest BCUT2D eigenvalue weighted by Crippen LogP contribution is 2.34. The molecule has 0 aromatic rings. The number of hydrogen-bond acceptors (Lipinski definition) is 3. The van der Waals surface area contributed by atoms with Crippen molar-refractivity contribution < 1.29 is 0 Å². The summed E-state index contributed by atoms with van der Waals surface area (Å²) in [6.07, 6.45) is 7.74. The lowest BCUT2D eigenvalue weighted by Crippen LogP contribution is -2.34. The highest BCUT2D eigenvalue weighted by atomic mass is 15.1. The molecule has 1 rings (SSSR count). The van der Waals surface area contributed by atoms with Gasteiger partial charge in [-0.15, -0.1) is 0 Å². The molecule has 100 valence electrons. The Morgan fingerprint density at radius 2 is 1.82 bits per heavy atom. The first-order valence-corrected chi connectivity index (χ1v) is 6.39. The molecule has 0 aromatic carbocycles. The number of hydrogen-bond donors (Lipinski definition) is 2. The molecule has 0 radical (unpaired) electrons. The van der Waals surface area contributed by atoms with E-state index in [1.807, 2.05) is 6.20 Å². The Kier molecular flexibility index (Phi) is 7.72. The van der Waals surface area contributed by atoms with Gasteiger partial charge in [0.25, 0.3) is 0 Å². The number of rotatable bonds is 2. The Morgan fingerprint density at radius 3 is 2.06 bits per heavy atom. The highest BCUT2D eigenvalue weighted by Gasteiger charge is 2.27. The van der Waals surface area contributed by atoms with Gasteiger partial charge in [-0.3, -0.25) is 0 Å². The SMILES string of the molecule is C=CN1CCC(C(C)(C)C)CC1.N/C=C\CN. The van der Waals surface area contributed by atoms with E-state index in [0.717, 1.165) is 5.92 Å². The fourth-order valence-corrected chi connectivity index (χ4v) is 2.03. The van der Waals surface area contributed by atoms with Crippen molar-refractivity contribution in [3.63, 3.8) is 0 Å². The summed E-state index contributed by atoms with van der Waals surface area (Å²) in [5.41, 5.74) is 10.3. The highest BCUT2D eigenvalue weighted by molar-refractivity contribution is 4.83. The standard InChI is InChI=1S/C11H21N.C3H8N2/c1-5-12-8-6-10(7-9-12)11(2,3)4;4-2-1-3-5/h5,10H,1,6-9H2,2-4H3;1-2H,3-5H2/b;2-1-. The second-order valence-corrected chi connectivity index (χ2v) is 5.52. The molecule has 4 N–H and O–H groups in total. The predicted octanol–water partition coefficient (Wildman–Crippen LogP) is 2.31. The molecular weight excluding hydrogens is 210 g/mol. The van der Waals surface area contributed by atoms with Crippen LogP contribution < -0.4 is 11.5 Å². The summed E-state index contributed by atoms with van der Waals surface area (Å²) < 4.78 is 0. The number of likely N-dealkylation sites (tertiary alicyclic amines) is 1. The Balaban J connectivity index is 0.000000437. The monoisotopic (exact) mass is 239 g/mol. The van der Waals surface area contributed by atoms with E-state index >= 15 is 0 Å². The number of piperidine rings is 1. The predicted molar refractivity (Wildman–Crippen MR) is 76.3 cm³/mol. The summed E-state index contributed by atoms with van der Waals surface area (Å²) in [4.78, 5) is 2.32. The van der Waals surface area contributed by atoms with E-state index in [0.29, 0.717) is 12.0 Å². The van der Waals surface area contributed by atoms with Crippen molar-refractivity contribution in [2.45, 2.75) is 33.6 Å². The molecule has 3 heteroatoms. The van der Waals surface area contributed by atoms with Gasteiger partial charge in [-0.05, 0) is 36.6 Å². The van der Waals surface area contributed by atoms with Crippen molar-refractivity contribution in [3.05, 3.63) is 25.1 Å². The van der Waals surface area contributed by atoms with Crippen LogP contribution >= 0.6 is 0 Å². The lowest BCUT2D eigenvalue weighted by Gasteiger charge is -2.38. The summed E-state index contributed by atoms with van der Waals surface area (Å²) in [5, 5.41) is 0. The van der Waals surface area contributed by atoms with Crippen LogP contribution in [0.3, 0.4) is 0 Å². The summed E-state index contributed by atoms with van der Waals surface area (Å²) in [7, 11) is 0. The van der Waals surface area contributed by atoms with E-state index in [1.54, 1.807) is 6.08 Å². The third-order valence-corrected chi connectivity index (χ3v) is 3.28. The normalized spacial score (nSPS) is 17.8. The molecule has 0 saturated carbocycles. The summed E-state index contributed by atoms with van der Waals surface area (Å²) >= 11 is 0. The van der Waals surface area contributed by atoms with Crippen molar-refractivity contribution in [2.75, 3.05) is 19.6 Å². The van der Waals surface area contributed by atoms with E-state index in [1.165, 1.54) is 32.1 Å². The van der Waals surface area contributed by atoms with Gasteiger partial charge in [-0.2, -0.15) is 0 Å². The number of nitrogens with zero attached hydrogens (tertiary/aromatic N) is 1. The summed E-state index contributed by atoms with van der Waals surface area (Å²) in [5.74, 6) is 0.897. The van der Waals surface area contributed by atoms with Gasteiger partial charge in [-0.1, -0.05) is 33.4 Å². The van der Waals surface area contributed by atoms with Crippen LogP contribution in [0.15, 0.2) is 25.1 Å². The van der Waals surface area contributed by atoms with E-state index < -0.39 is 0 Å². The number of nitrogens with two attached hydrogens (primary N) is 2. The second-order valence-electron chi connectivity index (χ2n) is 5.52. The van der Waals surface area contributed by atoms with E-state index in [4.69, 9.17) is 11.5 Å². The average molecular weight is 239 g/mol. The molecule has 0 unspecified atom stereocenters. The second kappa shape index (κ2) is 8.18. The molecular formula is C14H29N3. The zero-order chi connectivity index (χ0) is 13.3. The Bertz CT molecular complexity index is 220. The average Bonchev–Trinajstić information content (AvgIpc) is 2.30. The van der Waals surface area contributed by atoms with Gasteiger partial charge in [0.15, 0.2) is 0 Å². The lowest BCUT2D eigenvalue weighted by molar-refractivity contribution is 0.140. The molecule has 1 heterocycles. The molecule has 0 aliphatic carbocycles. The van der Waals surface area contributed by atoms with Gasteiger partial charge in [0.1, 0.15) is 0 Å². The van der Waals surface area contributed by atoms with Crippen molar-refractivity contribution in [1.82, 2.24) is 4.90 Å². The van der Waals surface area contributed by atoms with Crippen LogP contribution in [0.25, 0.3) is 0 Å². The molecule has 0 spiro atoms. The first-order chi connectivity index (χ1) is 7.95. The minimum atomic E-state index is 0.493. The van der Waals surface area contributed by atoms with Gasteiger partial charge in [-0.25, -0.2) is 0 Å². The smallest absolute Gasteiger partial charge is 0.0175 e. The van der Waals surface area contributed by atoms with Crippen LogP contribution in [0.4, 0.5) is 0 Å². The molecule has 1 aliphatic rings. The largest absolute Gasteiger partial charge is 0.405 e. The fourth-order valence-electron chi connectivity index (χ4n) is 2.03. The van der Waals surface area contributed by atoms with Gasteiger partial charge in [0.05, 0.1) is 0 Å². The molecule has 1 saturated heterocycles. The van der Waals surface area contributed by atoms with Gasteiger partial charge < -0.3 is 16.4 Å². The fraction of sp³-hybridized carbons (Fsp3) is 0.714. The third-order valence-electron chi connectivity index (χ3n) is 3.28. The third kappa shape index (κ3) is 7.05. The van der Waals surface area contributed by atoms with E-state index in [9.17, 15) is 0 Å². The van der Waals surface area contributed by atoms with Gasteiger partial charge in [0.2, 0.25) is 0 Å². The molecule has 0 bridgehead atoms.